The van der Waals surface area contributed by atoms with E-state index in [1.807, 2.05) is 37.4 Å². The van der Waals surface area contributed by atoms with Crippen molar-refractivity contribution in [2.24, 2.45) is 5.10 Å². The molecule has 4 rings (SSSR count). The van der Waals surface area contributed by atoms with E-state index in [1.165, 1.54) is 19.3 Å². The molecule has 2 N–H and O–H groups in total. The number of amides is 2. The number of aryl methyl sites for hydroxylation is 2. The lowest BCUT2D eigenvalue weighted by atomic mass is 9.95. The number of rotatable bonds is 7. The smallest absolute Gasteiger partial charge is 0.290 e. The molecule has 0 aliphatic heterocycles. The number of carbonyl (C=O) groups is 2. The first-order chi connectivity index (χ1) is 16.0. The molecule has 0 unspecified atom stereocenters. The summed E-state index contributed by atoms with van der Waals surface area (Å²) < 4.78 is 7.35. The highest BCUT2D eigenvalue weighted by Gasteiger charge is 2.17. The Labute approximate surface area is 193 Å². The summed E-state index contributed by atoms with van der Waals surface area (Å²) in [6.45, 7) is 3.76. The molecule has 1 fully saturated rings. The number of pyridine rings is 1. The molecule has 1 aromatic carbocycles. The van der Waals surface area contributed by atoms with Crippen molar-refractivity contribution in [3.05, 3.63) is 65.1 Å². The van der Waals surface area contributed by atoms with Crippen LogP contribution in [0.2, 0.25) is 0 Å². The van der Waals surface area contributed by atoms with Crippen molar-refractivity contribution in [2.75, 3.05) is 6.61 Å². The molecule has 172 valence electrons. The van der Waals surface area contributed by atoms with Crippen molar-refractivity contribution in [3.8, 4) is 5.75 Å². The number of fused-ring (bicyclic) bond motifs is 1. The van der Waals surface area contributed by atoms with E-state index in [0.717, 1.165) is 29.6 Å². The molecule has 3 aromatic rings. The summed E-state index contributed by atoms with van der Waals surface area (Å²) in [7, 11) is 0. The molecule has 33 heavy (non-hydrogen) atoms. The molecular weight excluding hydrogens is 418 g/mol. The van der Waals surface area contributed by atoms with Gasteiger partial charge in [-0.15, -0.1) is 0 Å². The number of imidazole rings is 1. The second-order valence-corrected chi connectivity index (χ2v) is 8.44. The van der Waals surface area contributed by atoms with Crippen LogP contribution in [0.5, 0.6) is 5.75 Å². The molecule has 2 aromatic heterocycles. The zero-order chi connectivity index (χ0) is 23.2. The number of carbonyl (C=O) groups excluding carboxylic acids is 2. The van der Waals surface area contributed by atoms with Crippen LogP contribution < -0.4 is 15.5 Å². The summed E-state index contributed by atoms with van der Waals surface area (Å²) in [4.78, 5) is 29.1. The summed E-state index contributed by atoms with van der Waals surface area (Å²) >= 11 is 0. The summed E-state index contributed by atoms with van der Waals surface area (Å²) in [6, 6.07) is 11.3. The van der Waals surface area contributed by atoms with E-state index in [0.29, 0.717) is 17.1 Å². The molecule has 2 amide bonds. The van der Waals surface area contributed by atoms with Gasteiger partial charge < -0.3 is 10.1 Å². The van der Waals surface area contributed by atoms with Crippen LogP contribution in [-0.2, 0) is 4.79 Å². The molecule has 1 aliphatic carbocycles. The third kappa shape index (κ3) is 5.77. The van der Waals surface area contributed by atoms with Gasteiger partial charge in [0.25, 0.3) is 11.8 Å². The van der Waals surface area contributed by atoms with Crippen molar-refractivity contribution in [2.45, 2.75) is 52.0 Å². The minimum atomic E-state index is -0.328. The molecule has 1 saturated carbocycles. The van der Waals surface area contributed by atoms with Gasteiger partial charge in [0.2, 0.25) is 0 Å². The van der Waals surface area contributed by atoms with E-state index in [1.54, 1.807) is 29.7 Å². The maximum Gasteiger partial charge on any atom is 0.290 e. The standard InChI is InChI=1S/C25H29N5O3/c1-17-8-13-22-27-18(2)24(30(22)15-17)25(32)29-26-14-19-9-11-21(12-10-19)33-16-23(31)28-20-6-4-3-5-7-20/h8-15,20H,3-7,16H2,1-2H3,(H,28,31)(H,29,32)/b26-14-. The molecular formula is C25H29N5O3. The van der Waals surface area contributed by atoms with Crippen LogP contribution in [0, 0.1) is 13.8 Å². The SMILES string of the molecule is Cc1ccc2nc(C)c(C(=O)N/N=C\c3ccc(OCC(=O)NC4CCCCC4)cc3)n2c1. The third-order valence-corrected chi connectivity index (χ3v) is 5.76. The normalized spacial score (nSPS) is 14.5. The zero-order valence-electron chi connectivity index (χ0n) is 19.0. The predicted octanol–water partition coefficient (Wildman–Crippen LogP) is 3.54. The fourth-order valence-electron chi connectivity index (χ4n) is 4.08. The fourth-order valence-corrected chi connectivity index (χ4v) is 4.08. The lowest BCUT2D eigenvalue weighted by Crippen LogP contribution is -2.38. The quantitative estimate of drug-likeness (QED) is 0.428. The number of hydrogen-bond acceptors (Lipinski definition) is 5. The van der Waals surface area contributed by atoms with Crippen LogP contribution >= 0.6 is 0 Å². The fraction of sp³-hybridized carbons (Fsp3) is 0.360. The lowest BCUT2D eigenvalue weighted by Gasteiger charge is -2.22. The first-order valence-electron chi connectivity index (χ1n) is 11.3. The van der Waals surface area contributed by atoms with Gasteiger partial charge in [0.1, 0.15) is 17.1 Å². The first-order valence-corrected chi connectivity index (χ1v) is 11.3. The Morgan fingerprint density at radius 2 is 1.88 bits per heavy atom. The van der Waals surface area contributed by atoms with Crippen LogP contribution in [0.3, 0.4) is 0 Å². The molecule has 0 saturated heterocycles. The van der Waals surface area contributed by atoms with Crippen molar-refractivity contribution in [1.29, 1.82) is 0 Å². The Morgan fingerprint density at radius 3 is 2.64 bits per heavy atom. The first kappa shape index (κ1) is 22.5. The molecule has 8 heteroatoms. The Balaban J connectivity index is 1.29. The summed E-state index contributed by atoms with van der Waals surface area (Å²) in [6.07, 6.45) is 9.13. The van der Waals surface area contributed by atoms with Crippen molar-refractivity contribution in [1.82, 2.24) is 20.1 Å². The average Bonchev–Trinajstić information content (AvgIpc) is 3.14. The molecule has 0 spiro atoms. The second kappa shape index (κ2) is 10.3. The maximum absolute atomic E-state index is 12.6. The van der Waals surface area contributed by atoms with Gasteiger partial charge in [0.05, 0.1) is 11.9 Å². The molecule has 8 nitrogen and oxygen atoms in total. The third-order valence-electron chi connectivity index (χ3n) is 5.76. The Bertz CT molecular complexity index is 1160. The number of aromatic nitrogens is 2. The van der Waals surface area contributed by atoms with E-state index in [-0.39, 0.29) is 24.5 Å². The van der Waals surface area contributed by atoms with Crippen LogP contribution in [-0.4, -0.2) is 40.1 Å². The van der Waals surface area contributed by atoms with E-state index < -0.39 is 0 Å². The number of hydrazone groups is 1. The van der Waals surface area contributed by atoms with Crippen molar-refractivity contribution >= 4 is 23.7 Å². The van der Waals surface area contributed by atoms with Gasteiger partial charge in [-0.3, -0.25) is 14.0 Å². The van der Waals surface area contributed by atoms with E-state index in [9.17, 15) is 9.59 Å². The second-order valence-electron chi connectivity index (χ2n) is 8.44. The monoisotopic (exact) mass is 447 g/mol. The van der Waals surface area contributed by atoms with Crippen LogP contribution in [0.25, 0.3) is 5.65 Å². The van der Waals surface area contributed by atoms with Gasteiger partial charge >= 0.3 is 0 Å². The van der Waals surface area contributed by atoms with Gasteiger partial charge in [-0.05, 0) is 68.1 Å². The number of nitrogens with zero attached hydrogens (tertiary/aromatic N) is 3. The minimum absolute atomic E-state index is 0.00186. The molecule has 0 bridgehead atoms. The summed E-state index contributed by atoms with van der Waals surface area (Å²) in [5, 5.41) is 7.10. The number of ether oxygens (including phenoxy) is 1. The van der Waals surface area contributed by atoms with E-state index in [4.69, 9.17) is 4.74 Å². The van der Waals surface area contributed by atoms with Crippen molar-refractivity contribution < 1.29 is 14.3 Å². The molecule has 1 aliphatic rings. The number of nitrogens with one attached hydrogen (secondary N) is 2. The van der Waals surface area contributed by atoms with Gasteiger partial charge in [0, 0.05) is 12.2 Å². The lowest BCUT2D eigenvalue weighted by molar-refractivity contribution is -0.124. The average molecular weight is 448 g/mol. The van der Waals surface area contributed by atoms with Gasteiger partial charge in [-0.25, -0.2) is 10.4 Å². The Kier molecular flexibility index (Phi) is 7.02. The Morgan fingerprint density at radius 1 is 1.12 bits per heavy atom. The predicted molar refractivity (Wildman–Crippen MR) is 127 cm³/mol. The topological polar surface area (TPSA) is 97.1 Å². The van der Waals surface area contributed by atoms with Crippen LogP contribution in [0.15, 0.2) is 47.7 Å². The highest BCUT2D eigenvalue weighted by molar-refractivity contribution is 5.95. The van der Waals surface area contributed by atoms with E-state index in [2.05, 4.69) is 20.8 Å². The van der Waals surface area contributed by atoms with Crippen molar-refractivity contribution in [3.63, 3.8) is 0 Å². The van der Waals surface area contributed by atoms with Gasteiger partial charge in [-0.1, -0.05) is 25.3 Å². The summed E-state index contributed by atoms with van der Waals surface area (Å²) in [5.74, 6) is 0.186. The maximum atomic E-state index is 12.6. The van der Waals surface area contributed by atoms with Crippen LogP contribution in [0.1, 0.15) is 59.4 Å². The van der Waals surface area contributed by atoms with Gasteiger partial charge in [-0.2, -0.15) is 5.10 Å². The zero-order valence-corrected chi connectivity index (χ0v) is 19.0. The number of benzene rings is 1. The van der Waals surface area contributed by atoms with E-state index >= 15 is 0 Å². The molecule has 0 radical (unpaired) electrons. The highest BCUT2D eigenvalue weighted by atomic mass is 16.5. The number of hydrogen-bond donors (Lipinski definition) is 2. The van der Waals surface area contributed by atoms with Crippen LogP contribution in [0.4, 0.5) is 0 Å². The molecule has 2 heterocycles. The summed E-state index contributed by atoms with van der Waals surface area (Å²) in [5.41, 5.74) is 6.21. The Hall–Kier alpha value is -3.68. The largest absolute Gasteiger partial charge is 0.484 e. The minimum Gasteiger partial charge on any atom is -0.484 e. The highest BCUT2D eigenvalue weighted by Crippen LogP contribution is 2.17. The molecule has 0 atom stereocenters. The van der Waals surface area contributed by atoms with Gasteiger partial charge in [0.15, 0.2) is 6.61 Å².